The first-order valence-corrected chi connectivity index (χ1v) is 12.8. The molecule has 0 aliphatic carbocycles. The Morgan fingerprint density at radius 1 is 1.08 bits per heavy atom. The topological polar surface area (TPSA) is 111 Å². The molecule has 5 rings (SSSR count). The number of nitrogens with zero attached hydrogens (tertiary/aromatic N) is 2. The third-order valence-electron chi connectivity index (χ3n) is 6.23. The first-order chi connectivity index (χ1) is 18.3. The summed E-state index contributed by atoms with van der Waals surface area (Å²) >= 11 is 1.22. The van der Waals surface area contributed by atoms with Crippen molar-refractivity contribution in [3.63, 3.8) is 0 Å². The molecule has 192 valence electrons. The Balaban J connectivity index is 1.59. The average Bonchev–Trinajstić information content (AvgIpc) is 3.48. The Labute approximate surface area is 221 Å². The van der Waals surface area contributed by atoms with E-state index in [0.717, 1.165) is 11.1 Å². The summed E-state index contributed by atoms with van der Waals surface area (Å²) in [5.41, 5.74) is 3.29. The Hall–Kier alpha value is -4.50. The number of fused-ring (bicyclic) bond motifs is 1. The molecular formula is C29H24N2O6S. The van der Waals surface area contributed by atoms with Crippen LogP contribution in [-0.4, -0.2) is 28.2 Å². The highest BCUT2D eigenvalue weighted by molar-refractivity contribution is 7.07. The summed E-state index contributed by atoms with van der Waals surface area (Å²) in [4.78, 5) is 42.8. The van der Waals surface area contributed by atoms with E-state index in [2.05, 4.69) is 4.99 Å². The van der Waals surface area contributed by atoms with Gasteiger partial charge in [0, 0.05) is 11.6 Å². The lowest BCUT2D eigenvalue weighted by Crippen LogP contribution is -2.39. The molecule has 0 fully saturated rings. The average molecular weight is 529 g/mol. The summed E-state index contributed by atoms with van der Waals surface area (Å²) in [6.45, 7) is 5.67. The van der Waals surface area contributed by atoms with Gasteiger partial charge in [0.2, 0.25) is 0 Å². The molecule has 2 aromatic carbocycles. The Bertz CT molecular complexity index is 1750. The fourth-order valence-electron chi connectivity index (χ4n) is 4.35. The smallest absolute Gasteiger partial charge is 0.338 e. The fraction of sp³-hybridized carbons (Fsp3) is 0.172. The van der Waals surface area contributed by atoms with Crippen LogP contribution in [-0.2, 0) is 9.53 Å². The van der Waals surface area contributed by atoms with Crippen molar-refractivity contribution in [2.45, 2.75) is 26.8 Å². The lowest BCUT2D eigenvalue weighted by molar-refractivity contribution is -0.139. The first kappa shape index (κ1) is 25.2. The second-order valence-electron chi connectivity index (χ2n) is 8.80. The summed E-state index contributed by atoms with van der Waals surface area (Å²) in [5, 5.41) is 9.11. The van der Waals surface area contributed by atoms with E-state index in [1.165, 1.54) is 28.0 Å². The van der Waals surface area contributed by atoms with Crippen molar-refractivity contribution >= 4 is 29.4 Å². The number of carbonyl (C=O) groups is 2. The zero-order valence-corrected chi connectivity index (χ0v) is 21.7. The number of allylic oxidation sites excluding steroid dienone is 1. The van der Waals surface area contributed by atoms with Gasteiger partial charge in [-0.3, -0.25) is 9.36 Å². The molecule has 0 bridgehead atoms. The number of aryl methyl sites for hydroxylation is 1. The van der Waals surface area contributed by atoms with Crippen molar-refractivity contribution in [1.82, 2.24) is 4.57 Å². The van der Waals surface area contributed by atoms with Crippen LogP contribution in [0.5, 0.6) is 0 Å². The van der Waals surface area contributed by atoms with E-state index in [4.69, 9.17) is 14.3 Å². The molecule has 0 saturated heterocycles. The van der Waals surface area contributed by atoms with E-state index in [9.17, 15) is 14.4 Å². The maximum Gasteiger partial charge on any atom is 0.338 e. The first-order valence-electron chi connectivity index (χ1n) is 12.0. The second-order valence-corrected chi connectivity index (χ2v) is 9.81. The highest BCUT2D eigenvalue weighted by Gasteiger charge is 2.33. The summed E-state index contributed by atoms with van der Waals surface area (Å²) in [6, 6.07) is 16.9. The number of esters is 1. The molecule has 1 N–H and O–H groups in total. The van der Waals surface area contributed by atoms with E-state index in [0.29, 0.717) is 37.7 Å². The standard InChI is InChI=1S/C29H24N2O6S/c1-4-36-28(35)24-17(3)30-29-31(25(24)19-7-5-16(2)6-8-19)26(32)23(38-29)15-21-13-14-22(37-21)18-9-11-20(12-10-18)27(33)34/h5-15,25H,4H2,1-3H3,(H,33,34)/t25-/m0/s1. The molecular weight excluding hydrogens is 504 g/mol. The number of hydrogen-bond donors (Lipinski definition) is 1. The van der Waals surface area contributed by atoms with E-state index in [1.807, 2.05) is 31.2 Å². The molecule has 0 saturated carbocycles. The molecule has 2 aromatic heterocycles. The summed E-state index contributed by atoms with van der Waals surface area (Å²) in [6.07, 6.45) is 1.65. The van der Waals surface area contributed by atoms with Crippen LogP contribution in [0.2, 0.25) is 0 Å². The van der Waals surface area contributed by atoms with Crippen LogP contribution in [0.3, 0.4) is 0 Å². The predicted molar refractivity (Wildman–Crippen MR) is 143 cm³/mol. The van der Waals surface area contributed by atoms with Gasteiger partial charge in [0.25, 0.3) is 5.56 Å². The van der Waals surface area contributed by atoms with Gasteiger partial charge in [-0.05, 0) is 50.6 Å². The van der Waals surface area contributed by atoms with Gasteiger partial charge >= 0.3 is 11.9 Å². The lowest BCUT2D eigenvalue weighted by atomic mass is 9.95. The Morgan fingerprint density at radius 3 is 2.45 bits per heavy atom. The van der Waals surface area contributed by atoms with Crippen molar-refractivity contribution in [1.29, 1.82) is 0 Å². The summed E-state index contributed by atoms with van der Waals surface area (Å²) in [5.74, 6) is -0.504. The van der Waals surface area contributed by atoms with Crippen LogP contribution < -0.4 is 14.9 Å². The number of rotatable bonds is 6. The monoisotopic (exact) mass is 528 g/mol. The van der Waals surface area contributed by atoms with Gasteiger partial charge in [0.15, 0.2) is 4.80 Å². The van der Waals surface area contributed by atoms with E-state index in [1.54, 1.807) is 44.2 Å². The van der Waals surface area contributed by atoms with Gasteiger partial charge in [-0.1, -0.05) is 53.3 Å². The largest absolute Gasteiger partial charge is 0.478 e. The van der Waals surface area contributed by atoms with Gasteiger partial charge in [-0.2, -0.15) is 0 Å². The number of hydrogen-bond acceptors (Lipinski definition) is 7. The molecule has 9 heteroatoms. The Morgan fingerprint density at radius 2 is 1.79 bits per heavy atom. The normalized spacial score (nSPS) is 15.2. The number of furan rings is 1. The molecule has 4 aromatic rings. The lowest BCUT2D eigenvalue weighted by Gasteiger charge is -2.24. The molecule has 1 aliphatic heterocycles. The van der Waals surface area contributed by atoms with Crippen molar-refractivity contribution in [3.05, 3.63) is 114 Å². The quantitative estimate of drug-likeness (QED) is 0.378. The van der Waals surface area contributed by atoms with Gasteiger partial charge in [0.05, 0.1) is 34.0 Å². The van der Waals surface area contributed by atoms with Crippen molar-refractivity contribution in [3.8, 4) is 11.3 Å². The second kappa shape index (κ2) is 10.1. The molecule has 0 radical (unpaired) electrons. The van der Waals surface area contributed by atoms with Gasteiger partial charge in [0.1, 0.15) is 11.5 Å². The molecule has 1 atom stereocenters. The third kappa shape index (κ3) is 4.64. The van der Waals surface area contributed by atoms with Gasteiger partial charge < -0.3 is 14.3 Å². The van der Waals surface area contributed by atoms with Gasteiger partial charge in [-0.25, -0.2) is 14.6 Å². The SMILES string of the molecule is CCOC(=O)C1=C(C)N=c2sc(=Cc3ccc(-c4ccc(C(=O)O)cc4)o3)c(=O)n2[C@H]1c1ccc(C)cc1. The number of carboxylic acid groups (broad SMARTS) is 1. The van der Waals surface area contributed by atoms with Crippen LogP contribution in [0.1, 0.15) is 47.1 Å². The molecule has 38 heavy (non-hydrogen) atoms. The van der Waals surface area contributed by atoms with Crippen LogP contribution in [0, 0.1) is 6.92 Å². The maximum atomic E-state index is 13.7. The van der Waals surface area contributed by atoms with Crippen molar-refractivity contribution < 1.29 is 23.8 Å². The number of carboxylic acids is 1. The number of aromatic carboxylic acids is 1. The molecule has 1 aliphatic rings. The molecule has 0 unspecified atom stereocenters. The molecule has 0 spiro atoms. The van der Waals surface area contributed by atoms with E-state index >= 15 is 0 Å². The highest BCUT2D eigenvalue weighted by atomic mass is 32.1. The van der Waals surface area contributed by atoms with E-state index < -0.39 is 18.0 Å². The minimum atomic E-state index is -1.00. The zero-order chi connectivity index (χ0) is 27.0. The fourth-order valence-corrected chi connectivity index (χ4v) is 5.37. The maximum absolute atomic E-state index is 13.7. The predicted octanol–water partition coefficient (Wildman–Crippen LogP) is 4.06. The number of thiazole rings is 1. The minimum absolute atomic E-state index is 0.183. The molecule has 8 nitrogen and oxygen atoms in total. The summed E-state index contributed by atoms with van der Waals surface area (Å²) in [7, 11) is 0. The van der Waals surface area contributed by atoms with Crippen LogP contribution in [0.4, 0.5) is 0 Å². The zero-order valence-electron chi connectivity index (χ0n) is 20.9. The number of ether oxygens (including phenoxy) is 1. The summed E-state index contributed by atoms with van der Waals surface area (Å²) < 4.78 is 13.2. The van der Waals surface area contributed by atoms with Crippen molar-refractivity contribution in [2.75, 3.05) is 6.61 Å². The van der Waals surface area contributed by atoms with Gasteiger partial charge in [-0.15, -0.1) is 0 Å². The third-order valence-corrected chi connectivity index (χ3v) is 7.21. The van der Waals surface area contributed by atoms with Crippen LogP contribution in [0.25, 0.3) is 17.4 Å². The van der Waals surface area contributed by atoms with Crippen LogP contribution >= 0.6 is 11.3 Å². The number of benzene rings is 2. The number of carbonyl (C=O) groups excluding carboxylic acids is 1. The van der Waals surface area contributed by atoms with Crippen molar-refractivity contribution in [2.24, 2.45) is 4.99 Å². The van der Waals surface area contributed by atoms with Crippen LogP contribution in [0.15, 0.2) is 86.1 Å². The Kier molecular flexibility index (Phi) is 6.69. The number of aromatic nitrogens is 1. The minimum Gasteiger partial charge on any atom is -0.478 e. The molecule has 0 amide bonds. The van der Waals surface area contributed by atoms with E-state index in [-0.39, 0.29) is 17.7 Å². The molecule has 3 heterocycles. The highest BCUT2D eigenvalue weighted by Crippen LogP contribution is 2.31.